The Morgan fingerprint density at radius 2 is 2.06 bits per heavy atom. The Balaban J connectivity index is 2.25. The van der Waals surface area contributed by atoms with Gasteiger partial charge in [-0.05, 0) is 35.4 Å². The fraction of sp³-hybridized carbons (Fsp3) is 0.667. The summed E-state index contributed by atoms with van der Waals surface area (Å²) in [5.74, 6) is 0. The summed E-state index contributed by atoms with van der Waals surface area (Å²) < 4.78 is 1.05. The maximum atomic E-state index is 10.5. The molecule has 1 saturated carbocycles. The first-order chi connectivity index (χ1) is 8.18. The third-order valence-electron chi connectivity index (χ3n) is 3.47. The standard InChI is InChI=1S/C12H15IN2OS/c13-9-7-15-11(17-9)10(16)12(8-14)5-3-1-2-4-6-12/h7,10,16H,1-6H2. The Morgan fingerprint density at radius 1 is 1.41 bits per heavy atom. The third kappa shape index (κ3) is 2.80. The van der Waals surface area contributed by atoms with Crippen LogP contribution in [0, 0.1) is 19.6 Å². The van der Waals surface area contributed by atoms with E-state index in [1.807, 2.05) is 0 Å². The van der Waals surface area contributed by atoms with Crippen molar-refractivity contribution in [2.24, 2.45) is 5.41 Å². The van der Waals surface area contributed by atoms with Crippen LogP contribution in [-0.2, 0) is 0 Å². The number of thiazole rings is 1. The van der Waals surface area contributed by atoms with Crippen LogP contribution in [0.15, 0.2) is 6.20 Å². The van der Waals surface area contributed by atoms with E-state index in [1.54, 1.807) is 6.20 Å². The molecule has 1 unspecified atom stereocenters. The molecule has 3 nitrogen and oxygen atoms in total. The molecule has 0 bridgehead atoms. The maximum absolute atomic E-state index is 10.5. The molecule has 2 rings (SSSR count). The van der Waals surface area contributed by atoms with Gasteiger partial charge in [0.05, 0.1) is 20.6 Å². The van der Waals surface area contributed by atoms with Crippen LogP contribution in [0.4, 0.5) is 0 Å². The first kappa shape index (κ1) is 13.2. The normalized spacial score (nSPS) is 21.5. The van der Waals surface area contributed by atoms with Gasteiger partial charge in [-0.2, -0.15) is 5.26 Å². The van der Waals surface area contributed by atoms with E-state index >= 15 is 0 Å². The molecule has 0 spiro atoms. The van der Waals surface area contributed by atoms with Crippen LogP contribution < -0.4 is 0 Å². The molecule has 0 aliphatic heterocycles. The Bertz CT molecular complexity index is 418. The Kier molecular flexibility index (Phi) is 4.39. The van der Waals surface area contributed by atoms with Gasteiger partial charge in [0.2, 0.25) is 0 Å². The summed E-state index contributed by atoms with van der Waals surface area (Å²) in [7, 11) is 0. The van der Waals surface area contributed by atoms with E-state index in [-0.39, 0.29) is 0 Å². The van der Waals surface area contributed by atoms with Crippen LogP contribution in [0.5, 0.6) is 0 Å². The van der Waals surface area contributed by atoms with Gasteiger partial charge < -0.3 is 5.11 Å². The lowest BCUT2D eigenvalue weighted by molar-refractivity contribution is 0.0514. The SMILES string of the molecule is N#CC1(C(O)c2ncc(I)s2)CCCCCC1. The second kappa shape index (κ2) is 5.63. The summed E-state index contributed by atoms with van der Waals surface area (Å²) >= 11 is 3.68. The molecule has 5 heteroatoms. The lowest BCUT2D eigenvalue weighted by Crippen LogP contribution is -2.26. The summed E-state index contributed by atoms with van der Waals surface area (Å²) in [4.78, 5) is 4.22. The molecular weight excluding hydrogens is 347 g/mol. The first-order valence-electron chi connectivity index (χ1n) is 5.88. The van der Waals surface area contributed by atoms with Crippen LogP contribution in [0.25, 0.3) is 0 Å². The molecule has 0 amide bonds. The Labute approximate surface area is 119 Å². The topological polar surface area (TPSA) is 56.9 Å². The number of halogens is 1. The number of hydrogen-bond acceptors (Lipinski definition) is 4. The van der Waals surface area contributed by atoms with Crippen molar-refractivity contribution in [3.05, 3.63) is 14.1 Å². The van der Waals surface area contributed by atoms with Gasteiger partial charge in [-0.3, -0.25) is 0 Å². The zero-order valence-corrected chi connectivity index (χ0v) is 12.5. The van der Waals surface area contributed by atoms with Crippen LogP contribution in [0.2, 0.25) is 0 Å². The lowest BCUT2D eigenvalue weighted by atomic mass is 9.77. The summed E-state index contributed by atoms with van der Waals surface area (Å²) in [5.41, 5.74) is -0.614. The molecule has 1 N–H and O–H groups in total. The van der Waals surface area contributed by atoms with E-state index in [0.29, 0.717) is 5.01 Å². The summed E-state index contributed by atoms with van der Waals surface area (Å²) in [6.07, 6.45) is 7.03. The molecule has 1 aliphatic rings. The molecule has 17 heavy (non-hydrogen) atoms. The molecule has 0 saturated heterocycles. The smallest absolute Gasteiger partial charge is 0.124 e. The third-order valence-corrected chi connectivity index (χ3v) is 5.25. The average Bonchev–Trinajstić information content (AvgIpc) is 2.64. The van der Waals surface area contributed by atoms with Gasteiger partial charge in [-0.15, -0.1) is 11.3 Å². The van der Waals surface area contributed by atoms with Gasteiger partial charge in [-0.25, -0.2) is 4.98 Å². The van der Waals surface area contributed by atoms with Gasteiger partial charge in [0.15, 0.2) is 0 Å². The number of nitrogens with zero attached hydrogens (tertiary/aromatic N) is 2. The number of aliphatic hydroxyl groups excluding tert-OH is 1. The highest BCUT2D eigenvalue weighted by atomic mass is 127. The predicted octanol–water partition coefficient (Wildman–Crippen LogP) is 3.65. The molecule has 92 valence electrons. The molecule has 1 fully saturated rings. The van der Waals surface area contributed by atoms with E-state index < -0.39 is 11.5 Å². The van der Waals surface area contributed by atoms with Crippen molar-refractivity contribution in [1.82, 2.24) is 4.98 Å². The van der Waals surface area contributed by atoms with E-state index in [2.05, 4.69) is 33.6 Å². The van der Waals surface area contributed by atoms with Crippen LogP contribution in [-0.4, -0.2) is 10.1 Å². The molecular formula is C12H15IN2OS. The zero-order chi connectivity index (χ0) is 12.3. The zero-order valence-electron chi connectivity index (χ0n) is 9.53. The molecule has 1 atom stereocenters. The van der Waals surface area contributed by atoms with Crippen molar-refractivity contribution >= 4 is 33.9 Å². The van der Waals surface area contributed by atoms with Crippen molar-refractivity contribution in [2.75, 3.05) is 0 Å². The van der Waals surface area contributed by atoms with Crippen molar-refractivity contribution in [2.45, 2.75) is 44.6 Å². The molecule has 0 aromatic carbocycles. The van der Waals surface area contributed by atoms with Gasteiger partial charge in [-0.1, -0.05) is 25.7 Å². The first-order valence-corrected chi connectivity index (χ1v) is 7.78. The summed E-state index contributed by atoms with van der Waals surface area (Å²) in [6.45, 7) is 0. The fourth-order valence-electron chi connectivity index (χ4n) is 2.44. The van der Waals surface area contributed by atoms with Gasteiger partial charge in [0, 0.05) is 0 Å². The fourth-order valence-corrected chi connectivity index (χ4v) is 4.00. The summed E-state index contributed by atoms with van der Waals surface area (Å²) in [5, 5.41) is 20.6. The number of aromatic nitrogens is 1. The molecule has 1 aromatic heterocycles. The highest BCUT2D eigenvalue weighted by Gasteiger charge is 2.40. The number of hydrogen-bond donors (Lipinski definition) is 1. The van der Waals surface area contributed by atoms with Crippen molar-refractivity contribution in [3.8, 4) is 6.07 Å². The Morgan fingerprint density at radius 3 is 2.53 bits per heavy atom. The molecule has 0 radical (unpaired) electrons. The maximum Gasteiger partial charge on any atom is 0.124 e. The van der Waals surface area contributed by atoms with Gasteiger partial charge >= 0.3 is 0 Å². The van der Waals surface area contributed by atoms with Crippen LogP contribution >= 0.6 is 33.9 Å². The molecule has 1 aliphatic carbocycles. The second-order valence-corrected chi connectivity index (χ2v) is 7.54. The lowest BCUT2D eigenvalue weighted by Gasteiger charge is -2.29. The predicted molar refractivity (Wildman–Crippen MR) is 75.5 cm³/mol. The van der Waals surface area contributed by atoms with Crippen molar-refractivity contribution in [1.29, 1.82) is 5.26 Å². The average molecular weight is 362 g/mol. The highest BCUT2D eigenvalue weighted by molar-refractivity contribution is 14.1. The quantitative estimate of drug-likeness (QED) is 0.646. The van der Waals surface area contributed by atoms with E-state index in [9.17, 15) is 10.4 Å². The monoisotopic (exact) mass is 362 g/mol. The highest BCUT2D eigenvalue weighted by Crippen LogP contribution is 2.45. The van der Waals surface area contributed by atoms with E-state index in [1.165, 1.54) is 24.2 Å². The van der Waals surface area contributed by atoms with E-state index in [4.69, 9.17) is 0 Å². The minimum atomic E-state index is -0.723. The number of aliphatic hydroxyl groups is 1. The number of nitriles is 1. The number of rotatable bonds is 2. The van der Waals surface area contributed by atoms with Gasteiger partial charge in [0.1, 0.15) is 11.1 Å². The Hall–Kier alpha value is -0.190. The van der Waals surface area contributed by atoms with Gasteiger partial charge in [0.25, 0.3) is 0 Å². The van der Waals surface area contributed by atoms with Crippen molar-refractivity contribution < 1.29 is 5.11 Å². The molecule has 1 heterocycles. The van der Waals surface area contributed by atoms with Crippen molar-refractivity contribution in [3.63, 3.8) is 0 Å². The largest absolute Gasteiger partial charge is 0.384 e. The minimum Gasteiger partial charge on any atom is -0.384 e. The van der Waals surface area contributed by atoms with Crippen LogP contribution in [0.1, 0.15) is 49.6 Å². The molecule has 1 aromatic rings. The van der Waals surface area contributed by atoms with E-state index in [0.717, 1.165) is 28.6 Å². The second-order valence-electron chi connectivity index (χ2n) is 4.59. The summed E-state index contributed by atoms with van der Waals surface area (Å²) in [6, 6.07) is 2.38. The minimum absolute atomic E-state index is 0.614. The van der Waals surface area contributed by atoms with Crippen LogP contribution in [0.3, 0.4) is 0 Å².